The van der Waals surface area contributed by atoms with Crippen molar-refractivity contribution in [2.75, 3.05) is 6.54 Å². The summed E-state index contributed by atoms with van der Waals surface area (Å²) in [6.45, 7) is 7.16. The average molecular weight is 171 g/mol. The van der Waals surface area contributed by atoms with Gasteiger partial charge in [0.05, 0.1) is 5.92 Å². The molecule has 0 amide bonds. The van der Waals surface area contributed by atoms with Crippen molar-refractivity contribution >= 4 is 5.97 Å². The van der Waals surface area contributed by atoms with Gasteiger partial charge in [-0.05, 0) is 33.7 Å². The molecule has 0 aromatic carbocycles. The smallest absolute Gasteiger partial charge is 0.308 e. The molecule has 1 heterocycles. The van der Waals surface area contributed by atoms with Gasteiger partial charge in [0, 0.05) is 12.1 Å². The van der Waals surface area contributed by atoms with Crippen molar-refractivity contribution in [1.82, 2.24) is 4.90 Å². The van der Waals surface area contributed by atoms with E-state index in [1.807, 2.05) is 6.92 Å². The minimum absolute atomic E-state index is 0.160. The molecule has 0 aliphatic carbocycles. The van der Waals surface area contributed by atoms with Crippen LogP contribution in [-0.4, -0.2) is 34.6 Å². The van der Waals surface area contributed by atoms with Crippen molar-refractivity contribution in [1.29, 1.82) is 0 Å². The Balaban J connectivity index is 2.61. The fourth-order valence-corrected chi connectivity index (χ4v) is 2.02. The van der Waals surface area contributed by atoms with Gasteiger partial charge in [-0.1, -0.05) is 0 Å². The number of carboxylic acid groups (broad SMARTS) is 1. The zero-order valence-corrected chi connectivity index (χ0v) is 7.95. The lowest BCUT2D eigenvalue weighted by Gasteiger charge is -2.26. The highest BCUT2D eigenvalue weighted by Crippen LogP contribution is 2.25. The van der Waals surface area contributed by atoms with E-state index in [2.05, 4.69) is 18.7 Å². The van der Waals surface area contributed by atoms with Gasteiger partial charge in [0.15, 0.2) is 0 Å². The molecule has 1 saturated heterocycles. The second kappa shape index (κ2) is 3.44. The Bertz CT molecular complexity index is 179. The number of nitrogens with zero attached hydrogens (tertiary/aromatic N) is 1. The molecule has 0 spiro atoms. The molecule has 2 atom stereocenters. The van der Waals surface area contributed by atoms with Crippen LogP contribution < -0.4 is 0 Å². The zero-order chi connectivity index (χ0) is 9.30. The van der Waals surface area contributed by atoms with E-state index in [4.69, 9.17) is 5.11 Å². The van der Waals surface area contributed by atoms with Gasteiger partial charge in [0.1, 0.15) is 0 Å². The lowest BCUT2D eigenvalue weighted by Crippen LogP contribution is -2.37. The molecule has 70 valence electrons. The predicted octanol–water partition coefficient (Wildman–Crippen LogP) is 1.19. The Morgan fingerprint density at radius 3 is 2.42 bits per heavy atom. The minimum Gasteiger partial charge on any atom is -0.481 e. The van der Waals surface area contributed by atoms with Crippen molar-refractivity contribution in [3.05, 3.63) is 0 Å². The van der Waals surface area contributed by atoms with Crippen LogP contribution in [0.1, 0.15) is 27.2 Å². The summed E-state index contributed by atoms with van der Waals surface area (Å²) in [4.78, 5) is 13.0. The molecule has 12 heavy (non-hydrogen) atoms. The Hall–Kier alpha value is -0.570. The van der Waals surface area contributed by atoms with Crippen molar-refractivity contribution in [2.45, 2.75) is 39.3 Å². The number of hydrogen-bond donors (Lipinski definition) is 1. The number of carbonyl (C=O) groups is 1. The topological polar surface area (TPSA) is 40.5 Å². The molecule has 3 nitrogen and oxygen atoms in total. The number of likely N-dealkylation sites (tertiary alicyclic amines) is 1. The molecule has 1 N–H and O–H groups in total. The fourth-order valence-electron chi connectivity index (χ4n) is 2.02. The Morgan fingerprint density at radius 1 is 1.58 bits per heavy atom. The van der Waals surface area contributed by atoms with E-state index >= 15 is 0 Å². The molecule has 1 fully saturated rings. The maximum atomic E-state index is 10.8. The molecule has 0 radical (unpaired) electrons. The van der Waals surface area contributed by atoms with Gasteiger partial charge < -0.3 is 5.11 Å². The van der Waals surface area contributed by atoms with Gasteiger partial charge in [-0.2, -0.15) is 0 Å². The second-order valence-electron chi connectivity index (χ2n) is 3.81. The number of rotatable bonds is 2. The first kappa shape index (κ1) is 9.52. The van der Waals surface area contributed by atoms with E-state index in [1.165, 1.54) is 0 Å². The molecule has 1 aliphatic heterocycles. The molecule has 0 aromatic heterocycles. The van der Waals surface area contributed by atoms with Gasteiger partial charge in [-0.3, -0.25) is 9.69 Å². The van der Waals surface area contributed by atoms with Crippen LogP contribution in [0, 0.1) is 5.92 Å². The van der Waals surface area contributed by atoms with Crippen molar-refractivity contribution in [3.8, 4) is 0 Å². The molecule has 1 aliphatic rings. The molecule has 0 bridgehead atoms. The van der Waals surface area contributed by atoms with Crippen molar-refractivity contribution in [2.24, 2.45) is 5.92 Å². The lowest BCUT2D eigenvalue weighted by molar-refractivity contribution is -0.142. The van der Waals surface area contributed by atoms with Crippen LogP contribution in [0.2, 0.25) is 0 Å². The van der Waals surface area contributed by atoms with Gasteiger partial charge in [-0.15, -0.1) is 0 Å². The third-order valence-electron chi connectivity index (χ3n) is 2.78. The van der Waals surface area contributed by atoms with Crippen LogP contribution in [0.15, 0.2) is 0 Å². The lowest BCUT2D eigenvalue weighted by atomic mass is 10.0. The van der Waals surface area contributed by atoms with E-state index in [1.54, 1.807) is 0 Å². The molecule has 0 saturated carbocycles. The molecule has 0 unspecified atom stereocenters. The normalized spacial score (nSPS) is 31.3. The van der Waals surface area contributed by atoms with Crippen LogP contribution >= 0.6 is 0 Å². The fraction of sp³-hybridized carbons (Fsp3) is 0.889. The summed E-state index contributed by atoms with van der Waals surface area (Å²) >= 11 is 0. The standard InChI is InChI=1S/C9H17NO2/c1-6(2)10-5-4-8(7(10)3)9(11)12/h6-8H,4-5H2,1-3H3,(H,11,12)/t7-,8+/m1/s1. The maximum absolute atomic E-state index is 10.8. The Kier molecular flexibility index (Phi) is 2.73. The first-order valence-corrected chi connectivity index (χ1v) is 4.52. The average Bonchev–Trinajstić information content (AvgIpc) is 2.30. The SMILES string of the molecule is CC(C)N1CC[C@H](C(=O)O)[C@H]1C. The first-order chi connectivity index (χ1) is 5.54. The number of carboxylic acids is 1. The van der Waals surface area contributed by atoms with Gasteiger partial charge in [-0.25, -0.2) is 0 Å². The number of hydrogen-bond acceptors (Lipinski definition) is 2. The summed E-state index contributed by atoms with van der Waals surface area (Å²) in [5.74, 6) is -0.807. The second-order valence-corrected chi connectivity index (χ2v) is 3.81. The van der Waals surface area contributed by atoms with E-state index in [0.29, 0.717) is 6.04 Å². The highest BCUT2D eigenvalue weighted by Gasteiger charge is 2.36. The quantitative estimate of drug-likeness (QED) is 0.678. The highest BCUT2D eigenvalue weighted by molar-refractivity contribution is 5.71. The van der Waals surface area contributed by atoms with E-state index < -0.39 is 5.97 Å². The summed E-state index contributed by atoms with van der Waals surface area (Å²) in [6, 6.07) is 0.659. The predicted molar refractivity (Wildman–Crippen MR) is 47.0 cm³/mol. The molecular formula is C9H17NO2. The first-order valence-electron chi connectivity index (χ1n) is 4.52. The summed E-state index contributed by atoms with van der Waals surface area (Å²) in [5.41, 5.74) is 0. The van der Waals surface area contributed by atoms with Gasteiger partial charge in [0.2, 0.25) is 0 Å². The third-order valence-corrected chi connectivity index (χ3v) is 2.78. The minimum atomic E-state index is -0.648. The van der Waals surface area contributed by atoms with Crippen LogP contribution in [0.4, 0.5) is 0 Å². The van der Waals surface area contributed by atoms with Gasteiger partial charge >= 0.3 is 5.97 Å². The van der Waals surface area contributed by atoms with Crippen molar-refractivity contribution in [3.63, 3.8) is 0 Å². The molecule has 1 rings (SSSR count). The Morgan fingerprint density at radius 2 is 2.17 bits per heavy atom. The molecular weight excluding hydrogens is 154 g/mol. The highest BCUT2D eigenvalue weighted by atomic mass is 16.4. The van der Waals surface area contributed by atoms with E-state index in [-0.39, 0.29) is 12.0 Å². The van der Waals surface area contributed by atoms with Crippen LogP contribution in [0.5, 0.6) is 0 Å². The zero-order valence-electron chi connectivity index (χ0n) is 7.95. The molecule has 0 aromatic rings. The summed E-state index contributed by atoms with van der Waals surface area (Å²) in [6.07, 6.45) is 0.800. The maximum Gasteiger partial charge on any atom is 0.308 e. The summed E-state index contributed by atoms with van der Waals surface area (Å²) < 4.78 is 0. The summed E-state index contributed by atoms with van der Waals surface area (Å²) in [7, 11) is 0. The third kappa shape index (κ3) is 1.61. The van der Waals surface area contributed by atoms with Crippen LogP contribution in [0.3, 0.4) is 0 Å². The monoisotopic (exact) mass is 171 g/mol. The van der Waals surface area contributed by atoms with E-state index in [9.17, 15) is 4.79 Å². The Labute approximate surface area is 73.4 Å². The number of aliphatic carboxylic acids is 1. The van der Waals surface area contributed by atoms with Crippen LogP contribution in [0.25, 0.3) is 0 Å². The van der Waals surface area contributed by atoms with Crippen molar-refractivity contribution < 1.29 is 9.90 Å². The van der Waals surface area contributed by atoms with Gasteiger partial charge in [0.25, 0.3) is 0 Å². The summed E-state index contributed by atoms with van der Waals surface area (Å²) in [5, 5.41) is 8.86. The molecule has 3 heteroatoms. The van der Waals surface area contributed by atoms with E-state index in [0.717, 1.165) is 13.0 Å². The largest absolute Gasteiger partial charge is 0.481 e. The van der Waals surface area contributed by atoms with Crippen LogP contribution in [-0.2, 0) is 4.79 Å².